The van der Waals surface area contributed by atoms with Crippen LogP contribution in [0.2, 0.25) is 0 Å². The summed E-state index contributed by atoms with van der Waals surface area (Å²) in [5.74, 6) is 0. The van der Waals surface area contributed by atoms with Gasteiger partial charge in [-0.2, -0.15) is 5.10 Å². The lowest BCUT2D eigenvalue weighted by Crippen LogP contribution is -2.25. The molecular formula is C12H23N3O. The van der Waals surface area contributed by atoms with Gasteiger partial charge in [0.15, 0.2) is 0 Å². The standard InChI is InChI=1S/C12H23N3O/c1-4-8-13-11(7-10-16-3)12-6-9-14-15(12)5-2/h6,9,11,13H,4-5,7-8,10H2,1-3H3. The topological polar surface area (TPSA) is 39.1 Å². The van der Waals surface area contributed by atoms with Gasteiger partial charge in [-0.3, -0.25) is 4.68 Å². The fourth-order valence-electron chi connectivity index (χ4n) is 1.81. The maximum absolute atomic E-state index is 5.15. The van der Waals surface area contributed by atoms with Crippen LogP contribution in [0.25, 0.3) is 0 Å². The molecule has 0 aliphatic rings. The summed E-state index contributed by atoms with van der Waals surface area (Å²) >= 11 is 0. The van der Waals surface area contributed by atoms with Gasteiger partial charge in [-0.15, -0.1) is 0 Å². The maximum Gasteiger partial charge on any atom is 0.0554 e. The van der Waals surface area contributed by atoms with E-state index < -0.39 is 0 Å². The lowest BCUT2D eigenvalue weighted by molar-refractivity contribution is 0.181. The normalized spacial score (nSPS) is 12.9. The predicted molar refractivity (Wildman–Crippen MR) is 65.4 cm³/mol. The molecule has 4 heteroatoms. The Morgan fingerprint density at radius 2 is 2.31 bits per heavy atom. The number of ether oxygens (including phenoxy) is 1. The molecule has 0 saturated carbocycles. The number of methoxy groups -OCH3 is 1. The molecule has 0 aromatic carbocycles. The molecular weight excluding hydrogens is 202 g/mol. The van der Waals surface area contributed by atoms with E-state index in [9.17, 15) is 0 Å². The molecule has 0 aliphatic heterocycles. The molecule has 4 nitrogen and oxygen atoms in total. The second kappa shape index (κ2) is 7.41. The molecule has 0 amide bonds. The minimum absolute atomic E-state index is 0.349. The average Bonchev–Trinajstić information content (AvgIpc) is 2.77. The van der Waals surface area contributed by atoms with E-state index in [2.05, 4.69) is 30.3 Å². The molecule has 16 heavy (non-hydrogen) atoms. The van der Waals surface area contributed by atoms with Gasteiger partial charge in [0.2, 0.25) is 0 Å². The fraction of sp³-hybridized carbons (Fsp3) is 0.750. The fourth-order valence-corrected chi connectivity index (χ4v) is 1.81. The number of rotatable bonds is 8. The molecule has 1 unspecified atom stereocenters. The third kappa shape index (κ3) is 3.61. The van der Waals surface area contributed by atoms with Crippen molar-refractivity contribution >= 4 is 0 Å². The van der Waals surface area contributed by atoms with Crippen LogP contribution in [-0.2, 0) is 11.3 Å². The van der Waals surface area contributed by atoms with Crippen LogP contribution in [-0.4, -0.2) is 30.0 Å². The molecule has 0 spiro atoms. The van der Waals surface area contributed by atoms with Gasteiger partial charge in [0, 0.05) is 26.5 Å². The van der Waals surface area contributed by atoms with Crippen LogP contribution >= 0.6 is 0 Å². The van der Waals surface area contributed by atoms with E-state index in [0.717, 1.165) is 32.5 Å². The van der Waals surface area contributed by atoms with Crippen molar-refractivity contribution in [2.24, 2.45) is 0 Å². The molecule has 0 radical (unpaired) electrons. The average molecular weight is 225 g/mol. The first-order chi connectivity index (χ1) is 7.83. The van der Waals surface area contributed by atoms with E-state index in [1.54, 1.807) is 7.11 Å². The Balaban J connectivity index is 2.66. The number of hydrogen-bond acceptors (Lipinski definition) is 3. The third-order valence-corrected chi connectivity index (χ3v) is 2.66. The van der Waals surface area contributed by atoms with Crippen LogP contribution in [0.3, 0.4) is 0 Å². The molecule has 1 heterocycles. The van der Waals surface area contributed by atoms with Gasteiger partial charge in [-0.25, -0.2) is 0 Å². The van der Waals surface area contributed by atoms with Gasteiger partial charge in [0.25, 0.3) is 0 Å². The maximum atomic E-state index is 5.15. The van der Waals surface area contributed by atoms with E-state index in [1.165, 1.54) is 5.69 Å². The van der Waals surface area contributed by atoms with E-state index in [-0.39, 0.29) is 0 Å². The van der Waals surface area contributed by atoms with Crippen LogP contribution in [0.5, 0.6) is 0 Å². The summed E-state index contributed by atoms with van der Waals surface area (Å²) in [6.07, 6.45) is 4.00. The zero-order valence-electron chi connectivity index (χ0n) is 10.6. The summed E-state index contributed by atoms with van der Waals surface area (Å²) in [4.78, 5) is 0. The second-order valence-corrected chi connectivity index (χ2v) is 3.86. The van der Waals surface area contributed by atoms with Gasteiger partial charge in [0.05, 0.1) is 11.7 Å². The SMILES string of the molecule is CCCNC(CCOC)c1ccnn1CC. The Morgan fingerprint density at radius 3 is 2.94 bits per heavy atom. The zero-order chi connectivity index (χ0) is 11.8. The Labute approximate surface area is 98.0 Å². The van der Waals surface area contributed by atoms with Crippen LogP contribution in [0.15, 0.2) is 12.3 Å². The Morgan fingerprint density at radius 1 is 1.50 bits per heavy atom. The summed E-state index contributed by atoms with van der Waals surface area (Å²) in [5, 5.41) is 7.85. The van der Waals surface area contributed by atoms with Gasteiger partial charge in [0.1, 0.15) is 0 Å². The van der Waals surface area contributed by atoms with E-state index in [4.69, 9.17) is 4.74 Å². The predicted octanol–water partition coefficient (Wildman–Crippen LogP) is 1.98. The summed E-state index contributed by atoms with van der Waals surface area (Å²) in [6.45, 7) is 7.01. The van der Waals surface area contributed by atoms with Gasteiger partial charge < -0.3 is 10.1 Å². The molecule has 0 fully saturated rings. The number of nitrogens with one attached hydrogen (secondary N) is 1. The van der Waals surface area contributed by atoms with Crippen LogP contribution in [0.1, 0.15) is 38.4 Å². The summed E-state index contributed by atoms with van der Waals surface area (Å²) in [5.41, 5.74) is 1.26. The lowest BCUT2D eigenvalue weighted by Gasteiger charge is -2.19. The highest BCUT2D eigenvalue weighted by atomic mass is 16.5. The highest BCUT2D eigenvalue weighted by Crippen LogP contribution is 2.16. The first-order valence-corrected chi connectivity index (χ1v) is 6.07. The van der Waals surface area contributed by atoms with Crippen molar-refractivity contribution < 1.29 is 4.74 Å². The van der Waals surface area contributed by atoms with Crippen LogP contribution < -0.4 is 5.32 Å². The first-order valence-electron chi connectivity index (χ1n) is 6.07. The van der Waals surface area contributed by atoms with Gasteiger partial charge in [-0.05, 0) is 32.4 Å². The molecule has 1 aromatic heterocycles. The summed E-state index contributed by atoms with van der Waals surface area (Å²) < 4.78 is 7.20. The molecule has 0 saturated heterocycles. The molecule has 1 N–H and O–H groups in total. The van der Waals surface area contributed by atoms with Crippen molar-refractivity contribution in [2.45, 2.75) is 39.3 Å². The van der Waals surface area contributed by atoms with E-state index in [0.29, 0.717) is 6.04 Å². The Hall–Kier alpha value is -0.870. The number of nitrogens with zero attached hydrogens (tertiary/aromatic N) is 2. The van der Waals surface area contributed by atoms with Crippen LogP contribution in [0, 0.1) is 0 Å². The highest BCUT2D eigenvalue weighted by Gasteiger charge is 2.14. The first kappa shape index (κ1) is 13.2. The van der Waals surface area contributed by atoms with Gasteiger partial charge in [-0.1, -0.05) is 6.92 Å². The van der Waals surface area contributed by atoms with Crippen molar-refractivity contribution in [3.05, 3.63) is 18.0 Å². The zero-order valence-corrected chi connectivity index (χ0v) is 10.6. The van der Waals surface area contributed by atoms with Crippen molar-refractivity contribution in [1.82, 2.24) is 15.1 Å². The molecule has 1 atom stereocenters. The quantitative estimate of drug-likeness (QED) is 0.735. The van der Waals surface area contributed by atoms with Crippen molar-refractivity contribution in [3.8, 4) is 0 Å². The summed E-state index contributed by atoms with van der Waals surface area (Å²) in [7, 11) is 1.74. The smallest absolute Gasteiger partial charge is 0.0554 e. The number of aryl methyl sites for hydroxylation is 1. The monoisotopic (exact) mass is 225 g/mol. The van der Waals surface area contributed by atoms with Crippen LogP contribution in [0.4, 0.5) is 0 Å². The Kier molecular flexibility index (Phi) is 6.11. The largest absolute Gasteiger partial charge is 0.385 e. The highest BCUT2D eigenvalue weighted by molar-refractivity contribution is 5.07. The van der Waals surface area contributed by atoms with E-state index >= 15 is 0 Å². The third-order valence-electron chi connectivity index (χ3n) is 2.66. The molecule has 0 aliphatic carbocycles. The second-order valence-electron chi connectivity index (χ2n) is 3.86. The Bertz CT molecular complexity index is 278. The molecule has 92 valence electrons. The van der Waals surface area contributed by atoms with E-state index in [1.807, 2.05) is 10.9 Å². The molecule has 1 rings (SSSR count). The number of hydrogen-bond donors (Lipinski definition) is 1. The van der Waals surface area contributed by atoms with Crippen molar-refractivity contribution in [1.29, 1.82) is 0 Å². The van der Waals surface area contributed by atoms with Gasteiger partial charge >= 0.3 is 0 Å². The van der Waals surface area contributed by atoms with Crippen molar-refractivity contribution in [3.63, 3.8) is 0 Å². The minimum Gasteiger partial charge on any atom is -0.385 e. The van der Waals surface area contributed by atoms with Crippen molar-refractivity contribution in [2.75, 3.05) is 20.3 Å². The number of aromatic nitrogens is 2. The molecule has 1 aromatic rings. The lowest BCUT2D eigenvalue weighted by atomic mass is 10.1. The summed E-state index contributed by atoms with van der Waals surface area (Å²) in [6, 6.07) is 2.44. The minimum atomic E-state index is 0.349. The molecule has 0 bridgehead atoms.